The molecule has 678 valence electrons. The highest BCUT2D eigenvalue weighted by molar-refractivity contribution is 7.92. The van der Waals surface area contributed by atoms with Gasteiger partial charge in [0.05, 0.1) is 142 Å². The lowest BCUT2D eigenvalue weighted by Crippen LogP contribution is -2.36. The second-order valence-corrected chi connectivity index (χ2v) is 39.8. The minimum atomic E-state index is -3.62. The van der Waals surface area contributed by atoms with Gasteiger partial charge in [0.2, 0.25) is 17.2 Å². The van der Waals surface area contributed by atoms with E-state index in [1.165, 1.54) is 21.4 Å². The Morgan fingerprint density at radius 2 is 0.780 bits per heavy atom. The number of ether oxygens (including phenoxy) is 8. The quantitative estimate of drug-likeness (QED) is 0.0245. The summed E-state index contributed by atoms with van der Waals surface area (Å²) < 4.78 is 124. The van der Waals surface area contributed by atoms with E-state index in [2.05, 4.69) is 71.2 Å². The third-order valence-corrected chi connectivity index (χ3v) is 26.9. The van der Waals surface area contributed by atoms with E-state index in [9.17, 15) is 34.8 Å². The number of para-hydroxylation sites is 3. The summed E-state index contributed by atoms with van der Waals surface area (Å²) in [5, 5.41) is 15.8. The molecule has 3 fully saturated rings. The number of nitrogens with zero attached hydrogens (tertiary/aromatic N) is 11. The number of morpholine rings is 3. The van der Waals surface area contributed by atoms with Gasteiger partial charge >= 0.3 is 12.2 Å². The van der Waals surface area contributed by atoms with Crippen molar-refractivity contribution in [2.75, 3.05) is 147 Å². The van der Waals surface area contributed by atoms with Gasteiger partial charge in [-0.05, 0) is 186 Å². The van der Waals surface area contributed by atoms with Crippen molar-refractivity contribution in [2.45, 2.75) is 132 Å². The van der Waals surface area contributed by atoms with Crippen LogP contribution >= 0.6 is 11.6 Å². The number of carbonyl (C=O) groups is 2. The number of nitrogens with two attached hydrogens (primary N) is 1. The van der Waals surface area contributed by atoms with Crippen molar-refractivity contribution in [3.8, 4) is 17.2 Å². The number of H-pyrrole nitrogens is 1. The molecule has 6 aromatic carbocycles. The summed E-state index contributed by atoms with van der Waals surface area (Å²) in [4.78, 5) is 63.1. The van der Waals surface area contributed by atoms with E-state index in [4.69, 9.17) is 60.2 Å². The summed E-state index contributed by atoms with van der Waals surface area (Å²) in [5.41, 5.74) is 11.8. The van der Waals surface area contributed by atoms with E-state index in [1.807, 2.05) is 60.7 Å². The number of halogens is 1. The third-order valence-electron chi connectivity index (χ3n) is 20.1. The van der Waals surface area contributed by atoms with Gasteiger partial charge in [-0.15, -0.1) is 0 Å². The van der Waals surface area contributed by atoms with Crippen molar-refractivity contribution in [1.82, 2.24) is 44.0 Å². The van der Waals surface area contributed by atoms with Crippen LogP contribution in [0.2, 0.25) is 5.28 Å². The number of aromatic amines is 1. The van der Waals surface area contributed by atoms with Crippen LogP contribution < -0.4 is 61.2 Å². The molecule has 3 aliphatic rings. The lowest BCUT2D eigenvalue weighted by Gasteiger charge is -2.29. The molecule has 0 spiro atoms. The molecular formula is C89H111ClN18O16S3. The molecule has 3 aliphatic heterocycles. The molecule has 12 aromatic rings. The van der Waals surface area contributed by atoms with E-state index in [-0.39, 0.29) is 50.5 Å². The largest absolute Gasteiger partial charge is 0.495 e. The minimum absolute atomic E-state index is 0. The molecule has 0 radical (unpaired) electrons. The van der Waals surface area contributed by atoms with Crippen molar-refractivity contribution < 1.29 is 72.7 Å². The first-order valence-corrected chi connectivity index (χ1v) is 45.8. The first kappa shape index (κ1) is 95.4. The van der Waals surface area contributed by atoms with Gasteiger partial charge in [0.15, 0.2) is 40.8 Å². The van der Waals surface area contributed by atoms with Crippen molar-refractivity contribution in [3.05, 3.63) is 169 Å². The normalized spacial score (nSPS) is 13.9. The highest BCUT2D eigenvalue weighted by atomic mass is 35.5. The fraction of sp³-hybridized carbons (Fsp3) is 0.371. The van der Waals surface area contributed by atoms with Crippen molar-refractivity contribution in [3.63, 3.8) is 0 Å². The topological polar surface area (TPSA) is 409 Å². The lowest BCUT2D eigenvalue weighted by atomic mass is 10.2. The molecule has 0 saturated carbocycles. The van der Waals surface area contributed by atoms with E-state index >= 15 is 0 Å². The average molecular weight is 1820 g/mol. The molecule has 8 N–H and O–H groups in total. The smallest absolute Gasteiger partial charge is 0.420 e. The summed E-state index contributed by atoms with van der Waals surface area (Å²) in [5.74, 6) is 3.51. The summed E-state index contributed by atoms with van der Waals surface area (Å²) in [6, 6.07) is 42.8. The fourth-order valence-electron chi connectivity index (χ4n) is 13.4. The zero-order valence-corrected chi connectivity index (χ0v) is 76.1. The second kappa shape index (κ2) is 41.0. The Balaban J connectivity index is 0.000000172. The summed E-state index contributed by atoms with van der Waals surface area (Å²) >= 11 is 6.09. The number of hydrogen-bond donors (Lipinski definition) is 7. The van der Waals surface area contributed by atoms with Crippen molar-refractivity contribution in [1.29, 1.82) is 0 Å². The highest BCUT2D eigenvalue weighted by Gasteiger charge is 2.31. The van der Waals surface area contributed by atoms with Gasteiger partial charge in [0, 0.05) is 93.1 Å². The monoisotopic (exact) mass is 1820 g/mol. The standard InChI is InChI=1S/C31H38N6O6S.C26H30N6O4S.C20H23ClN4O4S.C11H16N2O2.CH4/c1-20(2)44(39,40)26-10-8-7-9-24(26)32-27-22-13-14-37(30(38)43-31(3,4)5)28(22)35-29(34-27)33-23-12-11-21(19-25(23)41-6)36-15-17-42-18-16-36;1-17(2)37(33,34)23-7-5-4-6-21(23)28-25-19-10-11-27-24(19)30-26(31-25)29-20-9-8-18(16-22(20)35-3)32-12-14-36-15-13-32;1-12(2)30(27,28)15-9-7-6-8-14(15)22-16-13-10-11-25(17(13)24-18(21)23-16)19(26)29-20(3,4)5;1-14-11-8-9(2-3-10(11)12)13-4-6-15-7-5-13;/h7-14,19-20H,15-18H2,1-6H3,(H2,32,33,34,35);4-11,16-17H,12-15H2,1-3H3,(H3,27,28,29,30,31);6-12H,1-5H3,(H,22,23,24);2-3,8H,4-7,12H2,1H3;1H4. The summed E-state index contributed by atoms with van der Waals surface area (Å²) in [6.45, 7) is 29.8. The Labute approximate surface area is 745 Å². The molecule has 0 atom stereocenters. The van der Waals surface area contributed by atoms with Crippen LogP contribution in [-0.2, 0) is 53.2 Å². The Bertz CT molecular complexity index is 6240. The van der Waals surface area contributed by atoms with E-state index in [0.717, 1.165) is 80.7 Å². The molecule has 0 unspecified atom stereocenters. The van der Waals surface area contributed by atoms with E-state index in [1.54, 1.807) is 196 Å². The van der Waals surface area contributed by atoms with Crippen LogP contribution in [0.1, 0.15) is 90.5 Å². The van der Waals surface area contributed by atoms with E-state index < -0.39 is 68.7 Å². The van der Waals surface area contributed by atoms with Crippen molar-refractivity contribution >= 4 is 167 Å². The maximum atomic E-state index is 13.2. The lowest BCUT2D eigenvalue weighted by molar-refractivity contribution is 0.0532. The molecule has 15 rings (SSSR count). The highest BCUT2D eigenvalue weighted by Crippen LogP contribution is 2.40. The molecule has 9 heterocycles. The Hall–Kier alpha value is -12.3. The predicted molar refractivity (Wildman–Crippen MR) is 499 cm³/mol. The third kappa shape index (κ3) is 23.1. The second-order valence-electron chi connectivity index (χ2n) is 32.1. The number of anilines is 14. The van der Waals surface area contributed by atoms with Crippen LogP contribution in [0.15, 0.2) is 179 Å². The van der Waals surface area contributed by atoms with Gasteiger partial charge in [-0.2, -0.15) is 29.9 Å². The number of benzene rings is 6. The van der Waals surface area contributed by atoms with E-state index in [0.29, 0.717) is 106 Å². The van der Waals surface area contributed by atoms with Crippen LogP contribution in [0.25, 0.3) is 33.1 Å². The minimum Gasteiger partial charge on any atom is -0.495 e. The van der Waals surface area contributed by atoms with Gasteiger partial charge in [-0.3, -0.25) is 0 Å². The number of methoxy groups -OCH3 is 3. The molecular weight excluding hydrogens is 1710 g/mol. The maximum Gasteiger partial charge on any atom is 0.420 e. The fourth-order valence-corrected chi connectivity index (χ4v) is 17.2. The Morgan fingerprint density at radius 1 is 0.433 bits per heavy atom. The first-order valence-electron chi connectivity index (χ1n) is 40.8. The Kier molecular flexibility index (Phi) is 30.8. The average Bonchev–Trinajstić information content (AvgIpc) is 1.68. The van der Waals surface area contributed by atoms with Gasteiger partial charge in [-0.25, -0.2) is 44.0 Å². The zero-order valence-electron chi connectivity index (χ0n) is 72.9. The number of nitrogen functional groups attached to an aromatic ring is 1. The number of aromatic nitrogens is 9. The van der Waals surface area contributed by atoms with Crippen LogP contribution in [0, 0.1) is 0 Å². The zero-order chi connectivity index (χ0) is 90.6. The number of carbonyl (C=O) groups excluding carboxylic acids is 2. The van der Waals surface area contributed by atoms with Crippen LogP contribution in [0.3, 0.4) is 0 Å². The molecule has 6 aromatic heterocycles. The summed E-state index contributed by atoms with van der Waals surface area (Å²) in [7, 11) is -5.82. The molecule has 3 saturated heterocycles. The molecule has 0 bridgehead atoms. The van der Waals surface area contributed by atoms with Crippen LogP contribution in [0.5, 0.6) is 17.2 Å². The number of sulfone groups is 3. The molecule has 0 amide bonds. The Morgan fingerprint density at radius 3 is 1.16 bits per heavy atom. The SMILES string of the molecule is C.CC(C)S(=O)(=O)c1ccccc1Nc1nc(Cl)nc2c1ccn2C(=O)OC(C)(C)C.COc1cc(N2CCOCC2)ccc1N.COc1cc(N2CCOCC2)ccc1Nc1nc(Nc2ccccc2S(=O)(=O)C(C)C)c2cc[nH]c2n1.COc1cc(N2CCOCC2)ccc1Nc1nc(Nc2ccccc2S(=O)(=O)C(C)C)c2ccn(C(=O)OC(C)(C)C)c2n1. The van der Waals surface area contributed by atoms with Gasteiger partial charge in [-0.1, -0.05) is 43.8 Å². The van der Waals surface area contributed by atoms with Crippen molar-refractivity contribution in [2.24, 2.45) is 0 Å². The molecule has 0 aliphatic carbocycles. The molecule has 34 nitrogen and oxygen atoms in total. The summed E-state index contributed by atoms with van der Waals surface area (Å²) in [6.07, 6.45) is 3.60. The van der Waals surface area contributed by atoms with Crippen LogP contribution in [-0.4, -0.2) is 209 Å². The molecule has 38 heteroatoms. The predicted octanol–water partition coefficient (Wildman–Crippen LogP) is 16.7. The number of rotatable bonds is 22. The van der Waals surface area contributed by atoms with Gasteiger partial charge in [0.1, 0.15) is 51.6 Å². The first-order chi connectivity index (χ1) is 59.9. The number of hydrogen-bond acceptors (Lipinski definition) is 31. The number of nitrogens with one attached hydrogen (secondary N) is 6. The maximum absolute atomic E-state index is 13.2. The van der Waals surface area contributed by atoms with Crippen LogP contribution in [0.4, 0.5) is 90.1 Å². The van der Waals surface area contributed by atoms with Gasteiger partial charge in [0.25, 0.3) is 0 Å². The number of fused-ring (bicyclic) bond motifs is 3. The molecule has 127 heavy (non-hydrogen) atoms. The van der Waals surface area contributed by atoms with Gasteiger partial charge < -0.3 is 89.9 Å².